The van der Waals surface area contributed by atoms with Gasteiger partial charge in [-0.2, -0.15) is 5.06 Å². The van der Waals surface area contributed by atoms with E-state index in [4.69, 9.17) is 24.6 Å². The van der Waals surface area contributed by atoms with Crippen molar-refractivity contribution < 1.29 is 72.6 Å². The second-order valence-electron chi connectivity index (χ2n) is 14.7. The van der Waals surface area contributed by atoms with Crippen LogP contribution in [0.1, 0.15) is 66.2 Å². The van der Waals surface area contributed by atoms with E-state index >= 15 is 0 Å². The second kappa shape index (κ2) is 12.8. The van der Waals surface area contributed by atoms with Crippen molar-refractivity contribution in [3.63, 3.8) is 0 Å². The molecule has 0 radical (unpaired) electrons. The van der Waals surface area contributed by atoms with E-state index in [-0.39, 0.29) is 80.3 Å². The molecule has 8 aliphatic heterocycles. The van der Waals surface area contributed by atoms with Crippen LogP contribution in [0, 0.1) is 23.7 Å². The molecule has 8 aliphatic rings. The van der Waals surface area contributed by atoms with Gasteiger partial charge in [0.25, 0.3) is 23.6 Å². The molecular formula is C34H38N4O15. The smallest absolute Gasteiger partial charge is 0.335 e. The number of hydrogen-bond acceptors (Lipinski definition) is 14. The van der Waals surface area contributed by atoms with Crippen molar-refractivity contribution in [2.45, 2.75) is 88.6 Å². The fourth-order valence-corrected chi connectivity index (χ4v) is 8.40. The summed E-state index contributed by atoms with van der Waals surface area (Å²) in [7, 11) is 0. The quantitative estimate of drug-likeness (QED) is 0.188. The Labute approximate surface area is 301 Å². The highest BCUT2D eigenvalue weighted by molar-refractivity contribution is 6.09. The van der Waals surface area contributed by atoms with Gasteiger partial charge >= 0.3 is 11.9 Å². The van der Waals surface area contributed by atoms with Crippen molar-refractivity contribution in [2.75, 3.05) is 13.1 Å². The van der Waals surface area contributed by atoms with Crippen molar-refractivity contribution in [1.82, 2.24) is 19.9 Å². The maximum absolute atomic E-state index is 12.7. The highest BCUT2D eigenvalue weighted by Gasteiger charge is 2.71. The van der Waals surface area contributed by atoms with Gasteiger partial charge in [-0.25, -0.2) is 4.79 Å². The van der Waals surface area contributed by atoms with Gasteiger partial charge in [-0.15, -0.1) is 5.06 Å². The summed E-state index contributed by atoms with van der Waals surface area (Å²) in [5.74, 6) is -7.68. The minimum absolute atomic E-state index is 0.00271. The minimum Gasteiger partial charge on any atom is -0.481 e. The number of carboxylic acid groups (broad SMARTS) is 1. The Balaban J connectivity index is 0.000000155. The van der Waals surface area contributed by atoms with Crippen LogP contribution in [0.5, 0.6) is 0 Å². The number of carbonyl (C=O) groups excluding carboxylic acids is 9. The molecule has 6 saturated heterocycles. The predicted molar refractivity (Wildman–Crippen MR) is 168 cm³/mol. The van der Waals surface area contributed by atoms with E-state index in [9.17, 15) is 47.9 Å². The number of likely N-dealkylation sites (tertiary alicyclic amines) is 2. The van der Waals surface area contributed by atoms with Crippen LogP contribution in [-0.2, 0) is 62.3 Å². The highest BCUT2D eigenvalue weighted by Crippen LogP contribution is 2.58. The molecule has 8 rings (SSSR count). The van der Waals surface area contributed by atoms with E-state index in [2.05, 4.69) is 0 Å². The van der Waals surface area contributed by atoms with E-state index in [1.807, 2.05) is 24.3 Å². The molecule has 6 fully saturated rings. The largest absolute Gasteiger partial charge is 0.481 e. The van der Waals surface area contributed by atoms with Crippen molar-refractivity contribution in [3.8, 4) is 0 Å². The first-order valence-corrected chi connectivity index (χ1v) is 17.0. The molecule has 4 bridgehead atoms. The Hall–Kier alpha value is -5.14. The Kier molecular flexibility index (Phi) is 9.06. The normalized spacial score (nSPS) is 37.2. The number of aliphatic carboxylic acids is 1. The third kappa shape index (κ3) is 6.05. The first-order chi connectivity index (χ1) is 24.7. The molecular weight excluding hydrogens is 704 g/mol. The highest BCUT2D eigenvalue weighted by atomic mass is 16.7. The zero-order valence-corrected chi connectivity index (χ0v) is 29.3. The molecule has 0 aliphatic carbocycles. The van der Waals surface area contributed by atoms with Gasteiger partial charge in [-0.05, 0) is 27.7 Å². The molecule has 0 unspecified atom stereocenters. The first kappa shape index (κ1) is 37.6. The number of imide groups is 4. The SMILES string of the molecule is C[C@]12C=C[C@](C)(O1)[C@@H]1C(=O)N(CCC(=O)O)C(=O)[C@@H]12.C[C@]12C=C[C@](C)(O1)[C@@H]1C(=O)N(CCC(=O)ON3C(=O)CCC3=O)C(=O)[C@@H]12.O=C1CCC(=O)N1O. The minimum atomic E-state index is -1.02. The Bertz CT molecular complexity index is 1720. The molecule has 0 spiro atoms. The lowest BCUT2D eigenvalue weighted by Gasteiger charge is -2.25. The van der Waals surface area contributed by atoms with Crippen molar-refractivity contribution in [1.29, 1.82) is 0 Å². The lowest BCUT2D eigenvalue weighted by atomic mass is 9.73. The van der Waals surface area contributed by atoms with Gasteiger partial charge in [0.2, 0.25) is 23.6 Å². The van der Waals surface area contributed by atoms with E-state index in [1.165, 1.54) is 0 Å². The van der Waals surface area contributed by atoms with Crippen LogP contribution in [0.3, 0.4) is 0 Å². The van der Waals surface area contributed by atoms with Crippen LogP contribution in [0.4, 0.5) is 0 Å². The summed E-state index contributed by atoms with van der Waals surface area (Å²) < 4.78 is 11.7. The van der Waals surface area contributed by atoms with E-state index in [1.54, 1.807) is 27.7 Å². The Morgan fingerprint density at radius 2 is 0.943 bits per heavy atom. The third-order valence-corrected chi connectivity index (χ3v) is 10.9. The topological polar surface area (TPSA) is 252 Å². The van der Waals surface area contributed by atoms with Crippen LogP contribution in [-0.4, -0.2) is 125 Å². The van der Waals surface area contributed by atoms with Crippen LogP contribution in [0.2, 0.25) is 0 Å². The molecule has 0 aromatic heterocycles. The molecule has 8 heterocycles. The number of carbonyl (C=O) groups is 10. The monoisotopic (exact) mass is 742 g/mol. The predicted octanol–water partition coefficient (Wildman–Crippen LogP) is -0.593. The number of hydroxylamine groups is 4. The van der Waals surface area contributed by atoms with E-state index < -0.39 is 81.6 Å². The molecule has 0 saturated carbocycles. The summed E-state index contributed by atoms with van der Waals surface area (Å²) in [6.45, 7) is 6.91. The van der Waals surface area contributed by atoms with Crippen LogP contribution >= 0.6 is 0 Å². The number of fused-ring (bicyclic) bond motifs is 10. The lowest BCUT2D eigenvalue weighted by Crippen LogP contribution is -2.41. The second-order valence-corrected chi connectivity index (χ2v) is 14.7. The number of hydrogen-bond donors (Lipinski definition) is 2. The Morgan fingerprint density at radius 1 is 0.623 bits per heavy atom. The average Bonchev–Trinajstić information content (AvgIpc) is 3.94. The fraction of sp³-hybridized carbons (Fsp3) is 0.588. The number of nitrogens with zero attached hydrogens (tertiary/aromatic N) is 4. The zero-order chi connectivity index (χ0) is 39.0. The van der Waals surface area contributed by atoms with Gasteiger partial charge in [0.15, 0.2) is 0 Å². The van der Waals surface area contributed by atoms with Gasteiger partial charge in [0, 0.05) is 38.8 Å². The number of carboxylic acids is 1. The standard InChI is InChI=1S/C17H18N2O7.C13H15NO5.C4H5NO3/c1-16-6-7-17(2,26-16)13-12(16)14(23)18(15(13)24)8-5-11(22)25-19-9(20)3-4-10(19)21;1-12-4-5-13(2,19-12)9-8(12)10(17)14(11(9)18)6-3-7(15)16;6-3-1-2-4(7)5(3)8/h6-7,12-13H,3-5,8H2,1-2H3;4-5,8-9H,3,6H2,1-2H3,(H,15,16);8H,1-2H2/t12-,13+,16-,17+;8-,9+,12-,13+;. The Morgan fingerprint density at radius 3 is 1.25 bits per heavy atom. The maximum Gasteiger partial charge on any atom is 0.335 e. The van der Waals surface area contributed by atoms with Gasteiger partial charge in [0.1, 0.15) is 0 Å². The van der Waals surface area contributed by atoms with E-state index in [0.717, 1.165) is 9.80 Å². The third-order valence-electron chi connectivity index (χ3n) is 10.9. The van der Waals surface area contributed by atoms with Crippen molar-refractivity contribution >= 4 is 59.2 Å². The molecule has 19 nitrogen and oxygen atoms in total. The summed E-state index contributed by atoms with van der Waals surface area (Å²) in [6.07, 6.45) is 7.06. The molecule has 0 aromatic rings. The lowest BCUT2D eigenvalue weighted by molar-refractivity contribution is -0.197. The van der Waals surface area contributed by atoms with Crippen LogP contribution in [0.25, 0.3) is 0 Å². The molecule has 284 valence electrons. The summed E-state index contributed by atoms with van der Waals surface area (Å²) in [5, 5.41) is 17.7. The van der Waals surface area contributed by atoms with Crippen molar-refractivity contribution in [2.24, 2.45) is 23.7 Å². The maximum atomic E-state index is 12.7. The van der Waals surface area contributed by atoms with Gasteiger partial charge in [-0.1, -0.05) is 24.3 Å². The summed E-state index contributed by atoms with van der Waals surface area (Å²) in [5.41, 5.74) is -3.14. The summed E-state index contributed by atoms with van der Waals surface area (Å²) in [4.78, 5) is 123. The van der Waals surface area contributed by atoms with Crippen LogP contribution < -0.4 is 0 Å². The molecule has 53 heavy (non-hydrogen) atoms. The summed E-state index contributed by atoms with van der Waals surface area (Å²) in [6, 6.07) is 0. The molecule has 0 aromatic carbocycles. The van der Waals surface area contributed by atoms with Gasteiger partial charge in [-0.3, -0.25) is 58.2 Å². The van der Waals surface area contributed by atoms with Crippen molar-refractivity contribution in [3.05, 3.63) is 24.3 Å². The van der Waals surface area contributed by atoms with Gasteiger partial charge < -0.3 is 19.4 Å². The number of rotatable bonds is 7. The molecule has 8 amide bonds. The molecule has 19 heteroatoms. The average molecular weight is 743 g/mol. The fourth-order valence-electron chi connectivity index (χ4n) is 8.40. The molecule has 2 N–H and O–H groups in total. The zero-order valence-electron chi connectivity index (χ0n) is 29.3. The summed E-state index contributed by atoms with van der Waals surface area (Å²) >= 11 is 0. The number of amides is 8. The molecule has 8 atom stereocenters. The number of ether oxygens (including phenoxy) is 2. The van der Waals surface area contributed by atoms with Crippen LogP contribution in [0.15, 0.2) is 24.3 Å². The first-order valence-electron chi connectivity index (χ1n) is 17.0. The van der Waals surface area contributed by atoms with E-state index in [0.29, 0.717) is 5.06 Å². The van der Waals surface area contributed by atoms with Gasteiger partial charge in [0.05, 0.1) is 58.9 Å².